The number of piperazine rings is 1. The molecule has 0 saturated carbocycles. The molecule has 4 amide bonds. The van der Waals surface area contributed by atoms with E-state index in [9.17, 15) is 28.7 Å². The molecule has 2 fully saturated rings. The minimum atomic E-state index is -0.952. The number of nitrogens with zero attached hydrogens (tertiary/aromatic N) is 7. The molecule has 1 unspecified atom stereocenters. The van der Waals surface area contributed by atoms with Gasteiger partial charge >= 0.3 is 0 Å². The van der Waals surface area contributed by atoms with E-state index in [2.05, 4.69) is 40.7 Å². The Morgan fingerprint density at radius 1 is 0.917 bits per heavy atom. The lowest BCUT2D eigenvalue weighted by Gasteiger charge is -2.36. The molecule has 3 aromatic heterocycles. The Balaban J connectivity index is 0.718. The lowest BCUT2D eigenvalue weighted by Crippen LogP contribution is -2.57. The Morgan fingerprint density at radius 3 is 2.31 bits per heavy atom. The lowest BCUT2D eigenvalue weighted by molar-refractivity contribution is -0.144. The molecule has 0 spiro atoms. The molecule has 0 aliphatic carbocycles. The number of amides is 4. The van der Waals surface area contributed by atoms with Crippen LogP contribution < -0.4 is 20.3 Å². The van der Waals surface area contributed by atoms with Crippen LogP contribution in [-0.4, -0.2) is 148 Å². The van der Waals surface area contributed by atoms with Crippen LogP contribution in [0.15, 0.2) is 78.4 Å². The van der Waals surface area contributed by atoms with Crippen LogP contribution in [0, 0.1) is 18.2 Å². The monoisotopic (exact) mass is 1000 g/mol. The van der Waals surface area contributed by atoms with Crippen molar-refractivity contribution in [1.29, 1.82) is 0 Å². The number of nitrogens with one attached hydrogen (secondary N) is 3. The Bertz CT molecular complexity index is 2850. The number of aliphatic hydroxyl groups is 1. The third kappa shape index (κ3) is 12.2. The summed E-state index contributed by atoms with van der Waals surface area (Å²) in [5, 5.41) is 23.8. The Labute approximate surface area is 421 Å². The molecule has 72 heavy (non-hydrogen) atoms. The predicted octanol–water partition coefficient (Wildman–Crippen LogP) is 5.54. The Morgan fingerprint density at radius 2 is 1.62 bits per heavy atom. The number of aromatic nitrogens is 5. The zero-order valence-electron chi connectivity index (χ0n) is 41.2. The van der Waals surface area contributed by atoms with Gasteiger partial charge in [0, 0.05) is 63.4 Å². The van der Waals surface area contributed by atoms with Gasteiger partial charge in [0.15, 0.2) is 5.82 Å². The van der Waals surface area contributed by atoms with E-state index in [1.807, 2.05) is 86.6 Å². The summed E-state index contributed by atoms with van der Waals surface area (Å²) < 4.78 is 31.5. The van der Waals surface area contributed by atoms with E-state index in [0.29, 0.717) is 48.7 Å². The number of methoxy groups -OCH3 is 1. The molecule has 2 aliphatic heterocycles. The molecular weight excluding hydrogens is 944 g/mol. The van der Waals surface area contributed by atoms with Crippen molar-refractivity contribution in [3.63, 3.8) is 0 Å². The van der Waals surface area contributed by atoms with Crippen molar-refractivity contribution < 1.29 is 42.9 Å². The van der Waals surface area contributed by atoms with Gasteiger partial charge in [0.25, 0.3) is 0 Å². The van der Waals surface area contributed by atoms with Crippen LogP contribution in [0.25, 0.3) is 44.1 Å². The number of carbonyl (C=O) groups is 4. The van der Waals surface area contributed by atoms with Gasteiger partial charge < -0.3 is 44.7 Å². The number of benzene rings is 3. The van der Waals surface area contributed by atoms with E-state index in [1.54, 1.807) is 29.7 Å². The number of likely N-dealkylation sites (tertiary alicyclic amines) is 1. The number of aromatic amines is 1. The second-order valence-corrected chi connectivity index (χ2v) is 19.8. The van der Waals surface area contributed by atoms with Crippen LogP contribution in [0.4, 0.5) is 10.1 Å². The largest absolute Gasteiger partial charge is 0.496 e. The molecule has 3 atom stereocenters. The summed E-state index contributed by atoms with van der Waals surface area (Å²) in [7, 11) is 1.47. The summed E-state index contributed by atoms with van der Waals surface area (Å²) in [4.78, 5) is 73.4. The molecular formula is C52H61FN10O8S. The average molecular weight is 1010 g/mol. The second kappa shape index (κ2) is 23.1. The first-order valence-electron chi connectivity index (χ1n) is 24.1. The molecule has 18 nitrogen and oxygen atoms in total. The van der Waals surface area contributed by atoms with Crippen LogP contribution in [-0.2, 0) is 35.2 Å². The number of anilines is 1. The van der Waals surface area contributed by atoms with E-state index < -0.39 is 35.3 Å². The smallest absolute Gasteiger partial charge is 0.246 e. The number of β-amino-alcohol motifs (C(OH)–C–C–N with tert-alkyl or cyclic N) is 1. The summed E-state index contributed by atoms with van der Waals surface area (Å²) in [5.41, 5.74) is 7.80. The van der Waals surface area contributed by atoms with Crippen LogP contribution in [0.1, 0.15) is 51.3 Å². The topological polar surface area (TPSA) is 217 Å². The molecule has 8 rings (SSSR count). The number of hydrogen-bond donors (Lipinski definition) is 4. The predicted molar refractivity (Wildman–Crippen MR) is 270 cm³/mol. The molecule has 380 valence electrons. The fraction of sp³-hybridized carbons (Fsp3) is 0.423. The van der Waals surface area contributed by atoms with Crippen molar-refractivity contribution in [1.82, 2.24) is 45.6 Å². The summed E-state index contributed by atoms with van der Waals surface area (Å²) >= 11 is 1.57. The van der Waals surface area contributed by atoms with E-state index in [1.165, 1.54) is 18.1 Å². The van der Waals surface area contributed by atoms with Gasteiger partial charge in [-0.2, -0.15) is 5.10 Å². The highest BCUT2D eigenvalue weighted by molar-refractivity contribution is 7.13. The van der Waals surface area contributed by atoms with E-state index in [0.717, 1.165) is 32.9 Å². The van der Waals surface area contributed by atoms with Crippen molar-refractivity contribution in [3.05, 3.63) is 95.5 Å². The number of H-pyrrole nitrogens is 1. The first-order chi connectivity index (χ1) is 34.7. The van der Waals surface area contributed by atoms with Crippen molar-refractivity contribution in [2.75, 3.05) is 71.2 Å². The minimum Gasteiger partial charge on any atom is -0.496 e. The number of ether oxygens (including phenoxy) is 3. The highest BCUT2D eigenvalue weighted by Crippen LogP contribution is 2.34. The molecule has 0 radical (unpaired) electrons. The maximum atomic E-state index is 14.8. The highest BCUT2D eigenvalue weighted by atomic mass is 32.1. The van der Waals surface area contributed by atoms with Crippen LogP contribution in [0.2, 0.25) is 0 Å². The van der Waals surface area contributed by atoms with Crippen molar-refractivity contribution in [3.8, 4) is 38.8 Å². The summed E-state index contributed by atoms with van der Waals surface area (Å²) in [6, 6.07) is 18.5. The molecule has 6 aromatic rings. The maximum absolute atomic E-state index is 14.8. The number of halogens is 1. The summed E-state index contributed by atoms with van der Waals surface area (Å²) in [6.45, 7) is 10.9. The highest BCUT2D eigenvalue weighted by Gasteiger charge is 2.44. The van der Waals surface area contributed by atoms with E-state index in [-0.39, 0.29) is 87.9 Å². The van der Waals surface area contributed by atoms with Crippen molar-refractivity contribution in [2.24, 2.45) is 5.41 Å². The molecule has 2 aliphatic rings. The van der Waals surface area contributed by atoms with Gasteiger partial charge in [-0.25, -0.2) is 19.3 Å². The van der Waals surface area contributed by atoms with E-state index in [4.69, 9.17) is 14.2 Å². The lowest BCUT2D eigenvalue weighted by atomic mass is 9.85. The normalized spacial score (nSPS) is 16.5. The fourth-order valence-electron chi connectivity index (χ4n) is 8.89. The summed E-state index contributed by atoms with van der Waals surface area (Å²) in [6.07, 6.45) is 1.02. The van der Waals surface area contributed by atoms with E-state index >= 15 is 0 Å². The molecule has 3 aromatic carbocycles. The Kier molecular flexibility index (Phi) is 16.5. The number of aryl methyl sites for hydroxylation is 1. The summed E-state index contributed by atoms with van der Waals surface area (Å²) in [5.74, 6) is -1.15. The standard InChI is InChI=1S/C52H61FN10O8S/c1-32-47(72-31-56-32)35-11-9-33(10-12-35)28-55-50(67)40-27-37(64)30-63(40)51(68)48(52(2,3)4)57-42(65)17-23-70-25-26-71-24-18-43(66)62-21-19-61(20-22-62)36-15-13-34(14-16-36)45-46-39(59-60-45)29-54-49(58-46)44-38(53)7-6-8-41(44)69-5/h6-16,29,31,37,40,48,64H,17-28,30H2,1-5H3,(H,55,67)(H,57,65)(H,59,60)/t37?,40-,48+/m0/s1. The second-order valence-electron chi connectivity index (χ2n) is 18.9. The number of rotatable bonds is 19. The minimum absolute atomic E-state index is 0.00450. The van der Waals surface area contributed by atoms with Gasteiger partial charge in [-0.1, -0.05) is 63.2 Å². The first kappa shape index (κ1) is 51.5. The van der Waals surface area contributed by atoms with Gasteiger partial charge in [-0.15, -0.1) is 11.3 Å². The van der Waals surface area contributed by atoms with Crippen molar-refractivity contribution >= 4 is 51.7 Å². The number of hydrogen-bond acceptors (Lipinski definition) is 14. The number of thiazole rings is 1. The molecule has 5 heterocycles. The third-order valence-corrected chi connectivity index (χ3v) is 13.9. The number of aliphatic hydroxyl groups excluding tert-OH is 1. The maximum Gasteiger partial charge on any atom is 0.246 e. The third-order valence-electron chi connectivity index (χ3n) is 12.9. The quantitative estimate of drug-likeness (QED) is 0.0735. The molecule has 20 heteroatoms. The van der Waals surface area contributed by atoms with Gasteiger partial charge in [0.1, 0.15) is 40.4 Å². The van der Waals surface area contributed by atoms with Crippen LogP contribution in [0.3, 0.4) is 0 Å². The Hall–Kier alpha value is -6.87. The van der Waals surface area contributed by atoms with Crippen LogP contribution >= 0.6 is 11.3 Å². The van der Waals surface area contributed by atoms with Gasteiger partial charge in [-0.3, -0.25) is 24.3 Å². The van der Waals surface area contributed by atoms with Gasteiger partial charge in [-0.05, 0) is 47.7 Å². The SMILES string of the molecule is COc1cccc(F)c1-c1ncc2[nH]nc(-c3ccc(N4CCN(C(=O)CCOCCOCCC(=O)N[C@H](C(=O)N5CC(O)C[C@H]5C(=O)NCc5ccc(-c6scnc6C)cc5)C(C)(C)C)CC4)cc3)c2n1. The fourth-order valence-corrected chi connectivity index (χ4v) is 9.70. The van der Waals surface area contributed by atoms with Crippen LogP contribution in [0.5, 0.6) is 5.75 Å². The van der Waals surface area contributed by atoms with Crippen molar-refractivity contribution in [2.45, 2.75) is 71.7 Å². The molecule has 2 saturated heterocycles. The zero-order valence-corrected chi connectivity index (χ0v) is 42.0. The van der Waals surface area contributed by atoms with Gasteiger partial charge in [0.2, 0.25) is 23.6 Å². The number of fused-ring (bicyclic) bond motifs is 1. The average Bonchev–Trinajstić information content (AvgIpc) is 4.13. The molecule has 0 bridgehead atoms. The zero-order chi connectivity index (χ0) is 50.9. The number of carbonyl (C=O) groups excluding carboxylic acids is 4. The first-order valence-corrected chi connectivity index (χ1v) is 24.9. The van der Waals surface area contributed by atoms with Gasteiger partial charge in [0.05, 0.1) is 73.9 Å². The molecule has 4 N–H and O–H groups in total.